The number of benzene rings is 2. The first-order chi connectivity index (χ1) is 19.1. The van der Waals surface area contributed by atoms with E-state index in [0.29, 0.717) is 24.3 Å². The molecule has 2 aromatic rings. The Hall–Kier alpha value is -1.36. The molecular formula is C33H46LiNO4S2. The molecule has 3 rings (SSSR count). The Morgan fingerprint density at radius 1 is 1.07 bits per heavy atom. The Morgan fingerprint density at radius 3 is 2.41 bits per heavy atom. The summed E-state index contributed by atoms with van der Waals surface area (Å²) in [6.45, 7) is 9.24. The van der Waals surface area contributed by atoms with Crippen molar-refractivity contribution in [1.82, 2.24) is 5.32 Å². The number of hydrogen-bond donors (Lipinski definition) is 1. The number of aryl methyl sites for hydroxylation is 1. The second-order valence-corrected chi connectivity index (χ2v) is 14.7. The van der Waals surface area contributed by atoms with Crippen LogP contribution < -0.4 is 29.3 Å². The van der Waals surface area contributed by atoms with Crippen LogP contribution in [0.5, 0.6) is 0 Å². The summed E-state index contributed by atoms with van der Waals surface area (Å²) in [5.74, 6) is 0.650. The van der Waals surface area contributed by atoms with Crippen molar-refractivity contribution in [3.8, 4) is 11.1 Å². The van der Waals surface area contributed by atoms with Gasteiger partial charge in [-0.2, -0.15) is 23.5 Å². The van der Waals surface area contributed by atoms with Crippen LogP contribution in [0.2, 0.25) is 0 Å². The van der Waals surface area contributed by atoms with E-state index in [0.717, 1.165) is 40.3 Å². The predicted octanol–water partition coefficient (Wildman–Crippen LogP) is 3.65. The molecule has 0 radical (unpaired) electrons. The third-order valence-corrected chi connectivity index (χ3v) is 9.52. The minimum absolute atomic E-state index is 0. The van der Waals surface area contributed by atoms with E-state index < -0.39 is 17.9 Å². The van der Waals surface area contributed by atoms with Crippen LogP contribution in [0.3, 0.4) is 0 Å². The van der Waals surface area contributed by atoms with Gasteiger partial charge in [-0.3, -0.25) is 4.79 Å². The van der Waals surface area contributed by atoms with E-state index in [-0.39, 0.29) is 29.7 Å². The second-order valence-electron chi connectivity index (χ2n) is 11.9. The second kappa shape index (κ2) is 17.7. The summed E-state index contributed by atoms with van der Waals surface area (Å²) in [6.07, 6.45) is 10.1. The summed E-state index contributed by atoms with van der Waals surface area (Å²) in [4.78, 5) is 25.1. The zero-order valence-electron chi connectivity index (χ0n) is 25.8. The maximum atomic E-state index is 13.4. The molecule has 8 heteroatoms. The fourth-order valence-corrected chi connectivity index (χ4v) is 6.62. The third-order valence-electron chi connectivity index (χ3n) is 7.47. The van der Waals surface area contributed by atoms with Crippen LogP contribution in [0.25, 0.3) is 11.1 Å². The molecule has 220 valence electrons. The Morgan fingerprint density at radius 2 is 1.78 bits per heavy atom. The minimum Gasteiger partial charge on any atom is -0.548 e. The van der Waals surface area contributed by atoms with Gasteiger partial charge in [0.25, 0.3) is 5.91 Å². The van der Waals surface area contributed by atoms with Crippen molar-refractivity contribution in [1.29, 1.82) is 0 Å². The Kier molecular flexibility index (Phi) is 15.5. The van der Waals surface area contributed by atoms with Gasteiger partial charge in [-0.05, 0) is 72.1 Å². The molecule has 0 aliphatic heterocycles. The molecular weight excluding hydrogens is 545 g/mol. The Labute approximate surface area is 267 Å². The summed E-state index contributed by atoms with van der Waals surface area (Å²) < 4.78 is 6.76. The zero-order chi connectivity index (χ0) is 29.1. The van der Waals surface area contributed by atoms with E-state index in [1.54, 1.807) is 6.07 Å². The molecule has 41 heavy (non-hydrogen) atoms. The summed E-state index contributed by atoms with van der Waals surface area (Å²) in [5, 5.41) is 14.4. The summed E-state index contributed by atoms with van der Waals surface area (Å²) >= 11 is 3.49. The maximum Gasteiger partial charge on any atom is 1.00 e. The number of carboxylic acid groups (broad SMARTS) is 1. The van der Waals surface area contributed by atoms with Crippen LogP contribution in [-0.2, 0) is 16.1 Å². The number of aliphatic carboxylic acids is 1. The number of carboxylic acids is 1. The number of amides is 1. The first-order valence-corrected chi connectivity index (χ1v) is 16.9. The van der Waals surface area contributed by atoms with Crippen molar-refractivity contribution < 1.29 is 38.3 Å². The van der Waals surface area contributed by atoms with Gasteiger partial charge in [0.1, 0.15) is 0 Å². The van der Waals surface area contributed by atoms with Crippen LogP contribution in [0.15, 0.2) is 42.5 Å². The topological polar surface area (TPSA) is 78.5 Å². The molecule has 0 unspecified atom stereocenters. The molecule has 1 aliphatic carbocycles. The molecule has 2 aromatic carbocycles. The van der Waals surface area contributed by atoms with Gasteiger partial charge in [-0.25, -0.2) is 0 Å². The normalized spacial score (nSPS) is 15.5. The van der Waals surface area contributed by atoms with E-state index in [2.05, 4.69) is 26.1 Å². The van der Waals surface area contributed by atoms with Crippen LogP contribution in [0.4, 0.5) is 0 Å². The molecule has 2 atom stereocenters. The molecule has 0 spiro atoms. The SMILES string of the molecule is CSCC[C@H](NC(=O)c1ccc(CO[C@H](CSC(C)(C)C)CC2CCCCC2)cc1-c1ccccc1C)C(=O)[O-].[Li+]. The van der Waals surface area contributed by atoms with Crippen molar-refractivity contribution in [3.05, 3.63) is 59.2 Å². The molecule has 1 saturated carbocycles. The number of rotatable bonds is 14. The van der Waals surface area contributed by atoms with Gasteiger partial charge in [-0.1, -0.05) is 83.2 Å². The van der Waals surface area contributed by atoms with Crippen LogP contribution in [0.1, 0.15) is 87.2 Å². The van der Waals surface area contributed by atoms with Crippen molar-refractivity contribution >= 4 is 35.4 Å². The number of thioether (sulfide) groups is 2. The van der Waals surface area contributed by atoms with Gasteiger partial charge in [0.15, 0.2) is 0 Å². The molecule has 1 aliphatic rings. The van der Waals surface area contributed by atoms with Gasteiger partial charge in [0, 0.05) is 16.1 Å². The molecule has 1 fully saturated rings. The largest absolute Gasteiger partial charge is 1.00 e. The average Bonchev–Trinajstić information content (AvgIpc) is 2.92. The van der Waals surface area contributed by atoms with Crippen LogP contribution >= 0.6 is 23.5 Å². The van der Waals surface area contributed by atoms with Gasteiger partial charge >= 0.3 is 18.9 Å². The maximum absolute atomic E-state index is 13.4. The number of ether oxygens (including phenoxy) is 1. The monoisotopic (exact) mass is 591 g/mol. The third kappa shape index (κ3) is 12.0. The number of hydrogen-bond acceptors (Lipinski definition) is 6. The number of nitrogens with one attached hydrogen (secondary N) is 1. The van der Waals surface area contributed by atoms with Crippen molar-refractivity contribution in [2.45, 2.75) is 96.1 Å². The van der Waals surface area contributed by atoms with E-state index in [1.165, 1.54) is 43.9 Å². The summed E-state index contributed by atoms with van der Waals surface area (Å²) in [5.41, 5.74) is 4.24. The standard InChI is InChI=1S/C33H47NO4S2.Li/c1-23-11-9-10-14-27(23)29-20-25(15-16-28(29)31(35)34-30(32(36)37)17-18-39-5)21-38-26(22-40-33(2,3)4)19-24-12-7-6-8-13-24;/h9-11,14-16,20,24,26,30H,6-8,12-13,17-19,21-22H2,1-5H3,(H,34,35)(H,36,37);/q;+1/p-1/t26-,30-;/m0./s1. The molecule has 0 heterocycles. The summed E-state index contributed by atoms with van der Waals surface area (Å²) in [6, 6.07) is 12.7. The minimum atomic E-state index is -1.26. The molecule has 0 saturated heterocycles. The Bertz CT molecular complexity index is 1110. The van der Waals surface area contributed by atoms with Gasteiger partial charge in [-0.15, -0.1) is 0 Å². The predicted molar refractivity (Wildman–Crippen MR) is 168 cm³/mol. The molecule has 1 amide bonds. The average molecular weight is 592 g/mol. The summed E-state index contributed by atoms with van der Waals surface area (Å²) in [7, 11) is 0. The smallest absolute Gasteiger partial charge is 0.548 e. The van der Waals surface area contributed by atoms with Gasteiger partial charge in [0.2, 0.25) is 0 Å². The van der Waals surface area contributed by atoms with E-state index in [1.807, 2.05) is 61.3 Å². The number of carbonyl (C=O) groups is 2. The fourth-order valence-electron chi connectivity index (χ4n) is 5.23. The van der Waals surface area contributed by atoms with Crippen molar-refractivity contribution in [2.24, 2.45) is 5.92 Å². The van der Waals surface area contributed by atoms with E-state index in [9.17, 15) is 14.7 Å². The van der Waals surface area contributed by atoms with Crippen molar-refractivity contribution in [3.63, 3.8) is 0 Å². The number of carbonyl (C=O) groups excluding carboxylic acids is 2. The quantitative estimate of drug-likeness (QED) is 0.338. The first kappa shape index (κ1) is 35.8. The van der Waals surface area contributed by atoms with Gasteiger partial charge < -0.3 is 20.0 Å². The first-order valence-electron chi connectivity index (χ1n) is 14.5. The molecule has 0 bridgehead atoms. The molecule has 0 aromatic heterocycles. The fraction of sp³-hybridized carbons (Fsp3) is 0.576. The molecule has 1 N–H and O–H groups in total. The van der Waals surface area contributed by atoms with E-state index >= 15 is 0 Å². The van der Waals surface area contributed by atoms with Crippen molar-refractivity contribution in [2.75, 3.05) is 17.8 Å². The van der Waals surface area contributed by atoms with Gasteiger partial charge in [0.05, 0.1) is 24.7 Å². The van der Waals surface area contributed by atoms with E-state index in [4.69, 9.17) is 4.74 Å². The van der Waals surface area contributed by atoms with Crippen LogP contribution in [-0.4, -0.2) is 46.5 Å². The zero-order valence-corrected chi connectivity index (χ0v) is 27.4. The molecule has 5 nitrogen and oxygen atoms in total. The Balaban J connectivity index is 0.00000588. The van der Waals surface area contributed by atoms with Crippen LogP contribution in [0, 0.1) is 12.8 Å².